The normalized spacial score (nSPS) is 38.3. The lowest BCUT2D eigenvalue weighted by Crippen LogP contribution is -2.57. The van der Waals surface area contributed by atoms with E-state index < -0.39 is 11.8 Å². The number of rotatable bonds is 3. The first kappa shape index (κ1) is 14.5. The average Bonchev–Trinajstić information content (AvgIpc) is 3.37. The average molecular weight is 306 g/mol. The molecule has 1 spiro atoms. The molecule has 122 valence electrons. The standard InChI is InChI=1S/C17H26N2O3/c1-11-3-2-8-17(9-11)19(16(21)12-4-5-12)14(10-22-17)15(20)18-13-6-7-13/h11-14H,2-10H2,1H3,(H,18,20). The molecule has 4 rings (SSSR count). The van der Waals surface area contributed by atoms with E-state index in [1.807, 2.05) is 4.90 Å². The second kappa shape index (κ2) is 5.22. The van der Waals surface area contributed by atoms with Gasteiger partial charge in [0.25, 0.3) is 0 Å². The lowest BCUT2D eigenvalue weighted by Gasteiger charge is -2.43. The van der Waals surface area contributed by atoms with Gasteiger partial charge in [0, 0.05) is 12.0 Å². The summed E-state index contributed by atoms with van der Waals surface area (Å²) in [4.78, 5) is 27.3. The first-order chi connectivity index (χ1) is 10.6. The number of hydrogen-bond donors (Lipinski definition) is 1. The van der Waals surface area contributed by atoms with Crippen LogP contribution in [0.3, 0.4) is 0 Å². The van der Waals surface area contributed by atoms with Crippen molar-refractivity contribution in [3.05, 3.63) is 0 Å². The van der Waals surface area contributed by atoms with Gasteiger partial charge in [-0.1, -0.05) is 13.3 Å². The molecule has 0 radical (unpaired) electrons. The largest absolute Gasteiger partial charge is 0.353 e. The highest BCUT2D eigenvalue weighted by Crippen LogP contribution is 2.45. The molecule has 0 aromatic heterocycles. The van der Waals surface area contributed by atoms with Crippen LogP contribution in [-0.2, 0) is 14.3 Å². The molecular formula is C17H26N2O3. The van der Waals surface area contributed by atoms with E-state index in [2.05, 4.69) is 12.2 Å². The van der Waals surface area contributed by atoms with Crippen molar-refractivity contribution in [3.63, 3.8) is 0 Å². The molecule has 2 amide bonds. The molecule has 5 heteroatoms. The Labute approximate surface area is 131 Å². The second-order valence-corrected chi connectivity index (χ2v) is 7.74. The molecule has 0 aromatic carbocycles. The van der Waals surface area contributed by atoms with Gasteiger partial charge in [0.05, 0.1) is 6.61 Å². The molecule has 1 heterocycles. The summed E-state index contributed by atoms with van der Waals surface area (Å²) in [5.41, 5.74) is -0.511. The van der Waals surface area contributed by atoms with Gasteiger partial charge in [-0.05, 0) is 50.9 Å². The second-order valence-electron chi connectivity index (χ2n) is 7.74. The lowest BCUT2D eigenvalue weighted by molar-refractivity contribution is -0.164. The number of nitrogens with zero attached hydrogens (tertiary/aromatic N) is 1. The number of amides is 2. The Balaban J connectivity index is 1.58. The van der Waals surface area contributed by atoms with Gasteiger partial charge in [0.15, 0.2) is 0 Å². The van der Waals surface area contributed by atoms with Gasteiger partial charge in [0.2, 0.25) is 11.8 Å². The summed E-state index contributed by atoms with van der Waals surface area (Å²) in [7, 11) is 0. The van der Waals surface area contributed by atoms with Crippen molar-refractivity contribution in [2.45, 2.75) is 76.1 Å². The van der Waals surface area contributed by atoms with E-state index in [-0.39, 0.29) is 17.7 Å². The van der Waals surface area contributed by atoms with Crippen LogP contribution in [0.15, 0.2) is 0 Å². The van der Waals surface area contributed by atoms with Crippen LogP contribution < -0.4 is 5.32 Å². The van der Waals surface area contributed by atoms with Crippen LogP contribution in [0.5, 0.6) is 0 Å². The van der Waals surface area contributed by atoms with Gasteiger partial charge >= 0.3 is 0 Å². The topological polar surface area (TPSA) is 58.6 Å². The maximum atomic E-state index is 12.9. The fourth-order valence-corrected chi connectivity index (χ4v) is 4.09. The predicted octanol–water partition coefficient (Wildman–Crippen LogP) is 1.81. The third-order valence-corrected chi connectivity index (χ3v) is 5.58. The molecule has 0 aromatic rings. The minimum Gasteiger partial charge on any atom is -0.353 e. The van der Waals surface area contributed by atoms with E-state index in [0.717, 1.165) is 44.9 Å². The highest BCUT2D eigenvalue weighted by molar-refractivity contribution is 5.90. The van der Waals surface area contributed by atoms with Crippen LogP contribution >= 0.6 is 0 Å². The zero-order chi connectivity index (χ0) is 15.3. The van der Waals surface area contributed by atoms with E-state index >= 15 is 0 Å². The molecule has 3 saturated carbocycles. The number of carbonyl (C=O) groups is 2. The lowest BCUT2D eigenvalue weighted by atomic mass is 9.83. The predicted molar refractivity (Wildman–Crippen MR) is 80.8 cm³/mol. The van der Waals surface area contributed by atoms with Crippen molar-refractivity contribution in [1.82, 2.24) is 10.2 Å². The van der Waals surface area contributed by atoms with E-state index in [9.17, 15) is 9.59 Å². The molecule has 4 aliphatic rings. The van der Waals surface area contributed by atoms with Gasteiger partial charge in [-0.2, -0.15) is 0 Å². The van der Waals surface area contributed by atoms with E-state index in [0.29, 0.717) is 18.6 Å². The molecule has 0 bridgehead atoms. The summed E-state index contributed by atoms with van der Waals surface area (Å²) in [6.45, 7) is 2.59. The van der Waals surface area contributed by atoms with Crippen LogP contribution in [0.2, 0.25) is 0 Å². The van der Waals surface area contributed by atoms with Crippen LogP contribution in [0, 0.1) is 11.8 Å². The SMILES string of the molecule is CC1CCCC2(C1)OCC(C(=O)NC1CC1)N2C(=O)C1CC1. The van der Waals surface area contributed by atoms with Crippen LogP contribution in [-0.4, -0.2) is 41.1 Å². The third-order valence-electron chi connectivity index (χ3n) is 5.58. The molecule has 3 aliphatic carbocycles. The quantitative estimate of drug-likeness (QED) is 0.865. The Morgan fingerprint density at radius 3 is 2.59 bits per heavy atom. The van der Waals surface area contributed by atoms with Gasteiger partial charge in [-0.25, -0.2) is 0 Å². The highest BCUT2D eigenvalue weighted by Gasteiger charge is 2.56. The molecule has 3 atom stereocenters. The van der Waals surface area contributed by atoms with Crippen molar-refractivity contribution in [1.29, 1.82) is 0 Å². The first-order valence-electron chi connectivity index (χ1n) is 8.86. The Bertz CT molecular complexity index is 486. The zero-order valence-electron chi connectivity index (χ0n) is 13.3. The molecular weight excluding hydrogens is 280 g/mol. The zero-order valence-corrected chi connectivity index (χ0v) is 13.3. The van der Waals surface area contributed by atoms with Crippen molar-refractivity contribution in [3.8, 4) is 0 Å². The van der Waals surface area contributed by atoms with Gasteiger partial charge in [-0.3, -0.25) is 14.5 Å². The minimum absolute atomic E-state index is 0.00778. The highest BCUT2D eigenvalue weighted by atomic mass is 16.5. The molecule has 22 heavy (non-hydrogen) atoms. The smallest absolute Gasteiger partial charge is 0.245 e. The van der Waals surface area contributed by atoms with Crippen molar-refractivity contribution >= 4 is 11.8 Å². The summed E-state index contributed by atoms with van der Waals surface area (Å²) < 4.78 is 6.14. The number of carbonyl (C=O) groups excluding carboxylic acids is 2. The van der Waals surface area contributed by atoms with Crippen molar-refractivity contribution < 1.29 is 14.3 Å². The number of hydrogen-bond acceptors (Lipinski definition) is 3. The number of nitrogens with one attached hydrogen (secondary N) is 1. The number of ether oxygens (including phenoxy) is 1. The Kier molecular flexibility index (Phi) is 3.44. The third kappa shape index (κ3) is 2.53. The minimum atomic E-state index is -0.511. The summed E-state index contributed by atoms with van der Waals surface area (Å²) in [5.74, 6) is 0.828. The van der Waals surface area contributed by atoms with Gasteiger partial charge in [-0.15, -0.1) is 0 Å². The Hall–Kier alpha value is -1.10. The fraction of sp³-hybridized carbons (Fsp3) is 0.882. The Morgan fingerprint density at radius 2 is 1.95 bits per heavy atom. The fourth-order valence-electron chi connectivity index (χ4n) is 4.09. The van der Waals surface area contributed by atoms with E-state index in [4.69, 9.17) is 4.74 Å². The monoisotopic (exact) mass is 306 g/mol. The summed E-state index contributed by atoms with van der Waals surface area (Å²) in [6.07, 6.45) is 8.09. The maximum absolute atomic E-state index is 12.9. The molecule has 3 unspecified atom stereocenters. The van der Waals surface area contributed by atoms with Crippen LogP contribution in [0.4, 0.5) is 0 Å². The van der Waals surface area contributed by atoms with Crippen LogP contribution in [0.25, 0.3) is 0 Å². The molecule has 4 fully saturated rings. The summed E-state index contributed by atoms with van der Waals surface area (Å²) in [5, 5.41) is 3.06. The van der Waals surface area contributed by atoms with Crippen molar-refractivity contribution in [2.75, 3.05) is 6.61 Å². The Morgan fingerprint density at radius 1 is 1.18 bits per heavy atom. The molecule has 1 aliphatic heterocycles. The molecule has 1 N–H and O–H groups in total. The van der Waals surface area contributed by atoms with Gasteiger partial charge in [0.1, 0.15) is 11.8 Å². The molecule has 1 saturated heterocycles. The summed E-state index contributed by atoms with van der Waals surface area (Å²) in [6, 6.07) is -0.0915. The van der Waals surface area contributed by atoms with Crippen molar-refractivity contribution in [2.24, 2.45) is 11.8 Å². The maximum Gasteiger partial charge on any atom is 0.245 e. The molecule has 5 nitrogen and oxygen atoms in total. The van der Waals surface area contributed by atoms with E-state index in [1.54, 1.807) is 0 Å². The van der Waals surface area contributed by atoms with Gasteiger partial charge < -0.3 is 10.1 Å². The summed E-state index contributed by atoms with van der Waals surface area (Å²) >= 11 is 0. The first-order valence-corrected chi connectivity index (χ1v) is 8.86. The van der Waals surface area contributed by atoms with E-state index in [1.165, 1.54) is 6.42 Å². The van der Waals surface area contributed by atoms with Crippen LogP contribution in [0.1, 0.15) is 58.3 Å².